The summed E-state index contributed by atoms with van der Waals surface area (Å²) >= 11 is 0. The minimum atomic E-state index is -0.314. The van der Waals surface area contributed by atoms with E-state index in [-0.39, 0.29) is 5.97 Å². The molecular formula is C26H33NO3. The molecule has 4 rings (SSSR count). The van der Waals surface area contributed by atoms with Gasteiger partial charge in [0.25, 0.3) is 0 Å². The van der Waals surface area contributed by atoms with Crippen molar-refractivity contribution in [3.8, 4) is 5.75 Å². The van der Waals surface area contributed by atoms with Crippen LogP contribution in [0, 0.1) is 5.92 Å². The zero-order valence-electron chi connectivity index (χ0n) is 18.1. The maximum absolute atomic E-state index is 11.5. The lowest BCUT2D eigenvalue weighted by Gasteiger charge is -2.30. The van der Waals surface area contributed by atoms with Crippen LogP contribution in [0.4, 0.5) is 0 Å². The van der Waals surface area contributed by atoms with Gasteiger partial charge in [-0.15, -0.1) is 0 Å². The van der Waals surface area contributed by atoms with Gasteiger partial charge in [0.2, 0.25) is 0 Å². The van der Waals surface area contributed by atoms with Gasteiger partial charge >= 0.3 is 5.97 Å². The van der Waals surface area contributed by atoms with Crippen LogP contribution in [0.1, 0.15) is 59.2 Å². The monoisotopic (exact) mass is 407 g/mol. The van der Waals surface area contributed by atoms with Gasteiger partial charge in [0.05, 0.1) is 12.7 Å². The fraction of sp³-hybridized carbons (Fsp3) is 0.500. The van der Waals surface area contributed by atoms with Gasteiger partial charge in [-0.1, -0.05) is 24.6 Å². The summed E-state index contributed by atoms with van der Waals surface area (Å²) in [5.74, 6) is 1.43. The van der Waals surface area contributed by atoms with Gasteiger partial charge in [-0.3, -0.25) is 0 Å². The molecule has 2 aromatic carbocycles. The molecule has 4 heteroatoms. The first-order valence-electron chi connectivity index (χ1n) is 11.4. The fourth-order valence-electron chi connectivity index (χ4n) is 4.71. The number of nitrogens with zero attached hydrogens (tertiary/aromatic N) is 1. The first-order chi connectivity index (χ1) is 14.7. The zero-order chi connectivity index (χ0) is 20.8. The van der Waals surface area contributed by atoms with Crippen LogP contribution in [0.2, 0.25) is 0 Å². The van der Waals surface area contributed by atoms with Gasteiger partial charge in [0, 0.05) is 0 Å². The molecular weight excluding hydrogens is 374 g/mol. The van der Waals surface area contributed by atoms with Crippen LogP contribution in [0.15, 0.2) is 42.5 Å². The largest absolute Gasteiger partial charge is 0.489 e. The molecule has 30 heavy (non-hydrogen) atoms. The average molecular weight is 408 g/mol. The number of hydrogen-bond acceptors (Lipinski definition) is 4. The summed E-state index contributed by atoms with van der Waals surface area (Å²) in [5, 5.41) is 0. The summed E-state index contributed by atoms with van der Waals surface area (Å²) in [5.41, 5.74) is 4.55. The Morgan fingerprint density at radius 1 is 1.03 bits per heavy atom. The van der Waals surface area contributed by atoms with Crippen LogP contribution in [0.25, 0.3) is 0 Å². The van der Waals surface area contributed by atoms with Crippen molar-refractivity contribution in [2.24, 2.45) is 5.92 Å². The lowest BCUT2D eigenvalue weighted by Crippen LogP contribution is -2.32. The molecule has 0 N–H and O–H groups in total. The molecule has 0 spiro atoms. The Hall–Kier alpha value is -2.33. The number of esters is 1. The minimum absolute atomic E-state index is 0.314. The van der Waals surface area contributed by atoms with Crippen molar-refractivity contribution in [2.45, 2.75) is 51.6 Å². The third kappa shape index (κ3) is 5.42. The standard InChI is InChI=1S/C26H33NO3/c1-29-26(28)22-8-6-21(7-9-22)19-30-25-12-11-23-17-20(5-10-24(23)18-25)13-16-27-14-3-2-4-15-27/h6-9,11-12,18,20H,2-5,10,13-17,19H2,1H3. The van der Waals surface area contributed by atoms with Gasteiger partial charge in [-0.05, 0) is 105 Å². The summed E-state index contributed by atoms with van der Waals surface area (Å²) in [7, 11) is 1.40. The summed E-state index contributed by atoms with van der Waals surface area (Å²) in [4.78, 5) is 14.2. The van der Waals surface area contributed by atoms with E-state index in [2.05, 4.69) is 23.1 Å². The van der Waals surface area contributed by atoms with E-state index in [0.29, 0.717) is 12.2 Å². The Morgan fingerprint density at radius 2 is 1.83 bits per heavy atom. The number of hydrogen-bond donors (Lipinski definition) is 0. The predicted octanol–water partition coefficient (Wildman–Crippen LogP) is 5.03. The second kappa shape index (κ2) is 10.1. The Balaban J connectivity index is 1.27. The molecule has 160 valence electrons. The van der Waals surface area contributed by atoms with E-state index >= 15 is 0 Å². The Labute approximate surface area is 180 Å². The summed E-state index contributed by atoms with van der Waals surface area (Å²) < 4.78 is 10.8. The van der Waals surface area contributed by atoms with Crippen LogP contribution in [-0.2, 0) is 24.2 Å². The van der Waals surface area contributed by atoms with Crippen molar-refractivity contribution in [1.29, 1.82) is 0 Å². The zero-order valence-corrected chi connectivity index (χ0v) is 18.1. The van der Waals surface area contributed by atoms with Crippen molar-refractivity contribution < 1.29 is 14.3 Å². The van der Waals surface area contributed by atoms with Crippen molar-refractivity contribution in [1.82, 2.24) is 4.90 Å². The van der Waals surface area contributed by atoms with Gasteiger partial charge in [0.15, 0.2) is 0 Å². The normalized spacial score (nSPS) is 19.2. The highest BCUT2D eigenvalue weighted by molar-refractivity contribution is 5.89. The second-order valence-electron chi connectivity index (χ2n) is 8.71. The van der Waals surface area contributed by atoms with Crippen molar-refractivity contribution >= 4 is 5.97 Å². The molecule has 0 amide bonds. The third-order valence-corrected chi connectivity index (χ3v) is 6.59. The number of benzene rings is 2. The van der Waals surface area contributed by atoms with Crippen LogP contribution < -0.4 is 4.74 Å². The maximum atomic E-state index is 11.5. The van der Waals surface area contributed by atoms with E-state index in [1.54, 1.807) is 12.1 Å². The van der Waals surface area contributed by atoms with Gasteiger partial charge in [0.1, 0.15) is 12.4 Å². The first kappa shape index (κ1) is 20.9. The molecule has 1 saturated heterocycles. The summed E-state index contributed by atoms with van der Waals surface area (Å²) in [6.45, 7) is 4.37. The van der Waals surface area contributed by atoms with E-state index in [1.807, 2.05) is 12.1 Å². The third-order valence-electron chi connectivity index (χ3n) is 6.59. The molecule has 1 aliphatic heterocycles. The quantitative estimate of drug-likeness (QED) is 0.603. The SMILES string of the molecule is COC(=O)c1ccc(COc2ccc3c(c2)CCC(CCN2CCCCC2)C3)cc1. The number of fused-ring (bicyclic) bond motifs is 1. The molecule has 1 fully saturated rings. The fourth-order valence-corrected chi connectivity index (χ4v) is 4.71. The average Bonchev–Trinajstić information content (AvgIpc) is 2.81. The topological polar surface area (TPSA) is 38.8 Å². The molecule has 0 bridgehead atoms. The minimum Gasteiger partial charge on any atom is -0.489 e. The van der Waals surface area contributed by atoms with Crippen molar-refractivity contribution in [2.75, 3.05) is 26.7 Å². The van der Waals surface area contributed by atoms with Crippen LogP contribution in [-0.4, -0.2) is 37.6 Å². The highest BCUT2D eigenvalue weighted by atomic mass is 16.5. The maximum Gasteiger partial charge on any atom is 0.337 e. The van der Waals surface area contributed by atoms with E-state index in [9.17, 15) is 4.79 Å². The molecule has 1 aliphatic carbocycles. The number of ether oxygens (including phenoxy) is 2. The highest BCUT2D eigenvalue weighted by Gasteiger charge is 2.20. The van der Waals surface area contributed by atoms with Gasteiger partial charge in [-0.2, -0.15) is 0 Å². The van der Waals surface area contributed by atoms with Crippen molar-refractivity contribution in [3.05, 3.63) is 64.7 Å². The predicted molar refractivity (Wildman–Crippen MR) is 119 cm³/mol. The number of rotatable bonds is 7. The number of carbonyl (C=O) groups is 1. The van der Waals surface area contributed by atoms with E-state index in [0.717, 1.165) is 23.7 Å². The highest BCUT2D eigenvalue weighted by Crippen LogP contribution is 2.31. The first-order valence-corrected chi connectivity index (χ1v) is 11.4. The Kier molecular flexibility index (Phi) is 7.06. The molecule has 1 unspecified atom stereocenters. The van der Waals surface area contributed by atoms with Crippen LogP contribution in [0.5, 0.6) is 5.75 Å². The number of methoxy groups -OCH3 is 1. The molecule has 2 aromatic rings. The number of likely N-dealkylation sites (tertiary alicyclic amines) is 1. The lowest BCUT2D eigenvalue weighted by atomic mass is 9.82. The van der Waals surface area contributed by atoms with Crippen LogP contribution >= 0.6 is 0 Å². The molecule has 2 aliphatic rings. The molecule has 1 heterocycles. The van der Waals surface area contributed by atoms with Gasteiger partial charge in [-0.25, -0.2) is 4.79 Å². The summed E-state index contributed by atoms with van der Waals surface area (Å²) in [6.07, 6.45) is 9.16. The molecule has 0 aromatic heterocycles. The van der Waals surface area contributed by atoms with E-state index < -0.39 is 0 Å². The number of aryl methyl sites for hydroxylation is 1. The van der Waals surface area contributed by atoms with Crippen molar-refractivity contribution in [3.63, 3.8) is 0 Å². The van der Waals surface area contributed by atoms with E-state index in [4.69, 9.17) is 9.47 Å². The van der Waals surface area contributed by atoms with E-state index in [1.165, 1.54) is 76.4 Å². The lowest BCUT2D eigenvalue weighted by molar-refractivity contribution is 0.0600. The smallest absolute Gasteiger partial charge is 0.337 e. The van der Waals surface area contributed by atoms with Gasteiger partial charge < -0.3 is 14.4 Å². The Morgan fingerprint density at radius 3 is 2.60 bits per heavy atom. The summed E-state index contributed by atoms with van der Waals surface area (Å²) in [6, 6.07) is 14.0. The molecule has 0 saturated carbocycles. The molecule has 1 atom stereocenters. The number of carbonyl (C=O) groups excluding carboxylic acids is 1. The van der Waals surface area contributed by atoms with Crippen LogP contribution in [0.3, 0.4) is 0 Å². The molecule has 0 radical (unpaired) electrons. The number of piperidine rings is 1. The molecule has 4 nitrogen and oxygen atoms in total. The Bertz CT molecular complexity index is 840. The second-order valence-corrected chi connectivity index (χ2v) is 8.71.